The normalized spacial score (nSPS) is 13.9. The van der Waals surface area contributed by atoms with E-state index in [1.54, 1.807) is 7.11 Å². The molecule has 6 heteroatoms. The van der Waals surface area contributed by atoms with Crippen LogP contribution in [0.5, 0.6) is 0 Å². The second-order valence-electron chi connectivity index (χ2n) is 4.45. The summed E-state index contributed by atoms with van der Waals surface area (Å²) in [4.78, 5) is 22.0. The van der Waals surface area contributed by atoms with E-state index < -0.39 is 12.0 Å². The highest BCUT2D eigenvalue weighted by Crippen LogP contribution is 2.14. The van der Waals surface area contributed by atoms with Crippen LogP contribution in [-0.4, -0.2) is 43.3 Å². The molecule has 0 spiro atoms. The fourth-order valence-corrected chi connectivity index (χ4v) is 1.57. The molecule has 2 amide bonds. The molecule has 0 bridgehead atoms. The Hall–Kier alpha value is -1.14. The zero-order chi connectivity index (χ0) is 14.0. The molecular formula is C12H24N2O4. The maximum Gasteiger partial charge on any atom is 0.220 e. The van der Waals surface area contributed by atoms with Crippen molar-refractivity contribution >= 4 is 11.8 Å². The van der Waals surface area contributed by atoms with E-state index in [4.69, 9.17) is 10.5 Å². The van der Waals surface area contributed by atoms with E-state index in [2.05, 4.69) is 5.32 Å². The molecule has 0 aromatic heterocycles. The van der Waals surface area contributed by atoms with E-state index in [0.717, 1.165) is 0 Å². The van der Waals surface area contributed by atoms with E-state index in [1.165, 1.54) is 0 Å². The van der Waals surface area contributed by atoms with Gasteiger partial charge in [0.15, 0.2) is 0 Å². The molecule has 18 heavy (non-hydrogen) atoms. The van der Waals surface area contributed by atoms with Crippen LogP contribution in [0.25, 0.3) is 0 Å². The molecule has 0 radical (unpaired) electrons. The van der Waals surface area contributed by atoms with Gasteiger partial charge in [0.25, 0.3) is 0 Å². The van der Waals surface area contributed by atoms with Crippen LogP contribution in [0.4, 0.5) is 0 Å². The Morgan fingerprint density at radius 3 is 2.67 bits per heavy atom. The van der Waals surface area contributed by atoms with Crippen LogP contribution in [0.1, 0.15) is 32.6 Å². The van der Waals surface area contributed by atoms with Crippen LogP contribution in [0, 0.1) is 5.92 Å². The summed E-state index contributed by atoms with van der Waals surface area (Å²) in [6, 6.07) is 0. The summed E-state index contributed by atoms with van der Waals surface area (Å²) in [5.41, 5.74) is 5.00. The number of aliphatic hydroxyl groups is 1. The fourth-order valence-electron chi connectivity index (χ4n) is 1.57. The zero-order valence-corrected chi connectivity index (χ0v) is 11.1. The number of hydrogen-bond donors (Lipinski definition) is 3. The van der Waals surface area contributed by atoms with Gasteiger partial charge in [-0.1, -0.05) is 6.92 Å². The molecule has 0 aromatic carbocycles. The summed E-state index contributed by atoms with van der Waals surface area (Å²) in [5.74, 6) is -0.570. The highest BCUT2D eigenvalue weighted by molar-refractivity contribution is 5.75. The predicted molar refractivity (Wildman–Crippen MR) is 67.7 cm³/mol. The lowest BCUT2D eigenvalue weighted by molar-refractivity contribution is -0.122. The van der Waals surface area contributed by atoms with Crippen LogP contribution < -0.4 is 11.1 Å². The van der Waals surface area contributed by atoms with Crippen molar-refractivity contribution < 1.29 is 19.4 Å². The van der Waals surface area contributed by atoms with E-state index in [9.17, 15) is 14.7 Å². The van der Waals surface area contributed by atoms with Gasteiger partial charge < -0.3 is 20.9 Å². The molecule has 0 saturated heterocycles. The number of ether oxygens (including phenoxy) is 1. The first kappa shape index (κ1) is 16.9. The van der Waals surface area contributed by atoms with Crippen molar-refractivity contribution in [1.82, 2.24) is 5.32 Å². The topological polar surface area (TPSA) is 102 Å². The van der Waals surface area contributed by atoms with E-state index in [-0.39, 0.29) is 18.2 Å². The summed E-state index contributed by atoms with van der Waals surface area (Å²) in [5, 5.41) is 12.3. The Bertz CT molecular complexity index is 258. The number of hydrogen-bond acceptors (Lipinski definition) is 4. The minimum Gasteiger partial charge on any atom is -0.392 e. The summed E-state index contributed by atoms with van der Waals surface area (Å²) < 4.78 is 4.81. The second-order valence-corrected chi connectivity index (χ2v) is 4.45. The van der Waals surface area contributed by atoms with Crippen LogP contribution in [0.15, 0.2) is 0 Å². The third-order valence-corrected chi connectivity index (χ3v) is 2.76. The molecule has 0 aliphatic carbocycles. The number of methoxy groups -OCH3 is 1. The van der Waals surface area contributed by atoms with E-state index >= 15 is 0 Å². The number of carbonyl (C=O) groups excluding carboxylic acids is 2. The average Bonchev–Trinajstić information content (AvgIpc) is 2.28. The Morgan fingerprint density at radius 1 is 1.44 bits per heavy atom. The number of carbonyl (C=O) groups is 2. The Balaban J connectivity index is 3.63. The minimum atomic E-state index is -0.723. The predicted octanol–water partition coefficient (Wildman–Crippen LogP) is -0.208. The number of rotatable bonds is 10. The summed E-state index contributed by atoms with van der Waals surface area (Å²) in [6.45, 7) is 2.85. The van der Waals surface area contributed by atoms with Gasteiger partial charge >= 0.3 is 0 Å². The Kier molecular flexibility index (Phi) is 9.22. The van der Waals surface area contributed by atoms with Crippen molar-refractivity contribution in [3.63, 3.8) is 0 Å². The van der Waals surface area contributed by atoms with Gasteiger partial charge in [-0.05, 0) is 18.8 Å². The first-order valence-corrected chi connectivity index (χ1v) is 6.19. The van der Waals surface area contributed by atoms with E-state index in [0.29, 0.717) is 32.4 Å². The number of amides is 2. The maximum absolute atomic E-state index is 11.3. The van der Waals surface area contributed by atoms with Gasteiger partial charge in [-0.15, -0.1) is 0 Å². The standard InChI is InChI=1S/C12H24N2O4/c1-9(10(15)8-11(13)16)4-3-5-12(17)14-6-7-18-2/h9-10,15H,3-8H2,1-2H3,(H2,13,16)(H,14,17)/t9-,10+/m1/s1. The van der Waals surface area contributed by atoms with Gasteiger partial charge in [0.05, 0.1) is 19.1 Å². The molecule has 0 saturated carbocycles. The smallest absolute Gasteiger partial charge is 0.220 e. The molecule has 0 heterocycles. The van der Waals surface area contributed by atoms with Crippen molar-refractivity contribution in [1.29, 1.82) is 0 Å². The molecule has 2 atom stereocenters. The van der Waals surface area contributed by atoms with Crippen LogP contribution in [0.3, 0.4) is 0 Å². The van der Waals surface area contributed by atoms with Gasteiger partial charge in [0.1, 0.15) is 0 Å². The third-order valence-electron chi connectivity index (χ3n) is 2.76. The molecule has 0 unspecified atom stereocenters. The number of nitrogens with two attached hydrogens (primary N) is 1. The molecule has 0 fully saturated rings. The molecule has 0 aliphatic rings. The monoisotopic (exact) mass is 260 g/mol. The van der Waals surface area contributed by atoms with Crippen LogP contribution in [0.2, 0.25) is 0 Å². The lowest BCUT2D eigenvalue weighted by Crippen LogP contribution is -2.28. The fraction of sp³-hybridized carbons (Fsp3) is 0.833. The first-order valence-electron chi connectivity index (χ1n) is 6.19. The van der Waals surface area contributed by atoms with Crippen molar-refractivity contribution in [2.75, 3.05) is 20.3 Å². The van der Waals surface area contributed by atoms with Gasteiger partial charge in [0, 0.05) is 20.1 Å². The van der Waals surface area contributed by atoms with E-state index in [1.807, 2.05) is 6.92 Å². The van der Waals surface area contributed by atoms with Crippen molar-refractivity contribution in [3.05, 3.63) is 0 Å². The number of primary amides is 1. The SMILES string of the molecule is COCCNC(=O)CCC[C@@H](C)[C@@H](O)CC(N)=O. The third kappa shape index (κ3) is 8.95. The highest BCUT2D eigenvalue weighted by Gasteiger charge is 2.16. The molecule has 0 rings (SSSR count). The quantitative estimate of drug-likeness (QED) is 0.473. The lowest BCUT2D eigenvalue weighted by atomic mass is 9.95. The molecule has 6 nitrogen and oxygen atoms in total. The van der Waals surface area contributed by atoms with Gasteiger partial charge in [0.2, 0.25) is 11.8 Å². The first-order chi connectivity index (χ1) is 8.47. The number of nitrogens with one attached hydrogen (secondary N) is 1. The molecular weight excluding hydrogens is 236 g/mol. The summed E-state index contributed by atoms with van der Waals surface area (Å²) in [7, 11) is 1.58. The minimum absolute atomic E-state index is 0.0244. The zero-order valence-electron chi connectivity index (χ0n) is 11.1. The Morgan fingerprint density at radius 2 is 2.11 bits per heavy atom. The molecule has 0 aliphatic heterocycles. The van der Waals surface area contributed by atoms with Gasteiger partial charge in [-0.2, -0.15) is 0 Å². The summed E-state index contributed by atoms with van der Waals surface area (Å²) >= 11 is 0. The lowest BCUT2D eigenvalue weighted by Gasteiger charge is -2.17. The second kappa shape index (κ2) is 9.85. The number of aliphatic hydroxyl groups excluding tert-OH is 1. The van der Waals surface area contributed by atoms with Gasteiger partial charge in [-0.3, -0.25) is 9.59 Å². The van der Waals surface area contributed by atoms with Crippen molar-refractivity contribution in [2.24, 2.45) is 11.7 Å². The molecule has 0 aromatic rings. The Labute approximate surface area is 108 Å². The molecule has 106 valence electrons. The van der Waals surface area contributed by atoms with Gasteiger partial charge in [-0.25, -0.2) is 0 Å². The largest absolute Gasteiger partial charge is 0.392 e. The van der Waals surface area contributed by atoms with Crippen LogP contribution >= 0.6 is 0 Å². The molecule has 4 N–H and O–H groups in total. The summed E-state index contributed by atoms with van der Waals surface area (Å²) in [6.07, 6.45) is 1.03. The van der Waals surface area contributed by atoms with Crippen LogP contribution in [-0.2, 0) is 14.3 Å². The maximum atomic E-state index is 11.3. The van der Waals surface area contributed by atoms with Crippen molar-refractivity contribution in [2.45, 2.75) is 38.7 Å². The van der Waals surface area contributed by atoms with Crippen molar-refractivity contribution in [3.8, 4) is 0 Å². The average molecular weight is 260 g/mol. The highest BCUT2D eigenvalue weighted by atomic mass is 16.5.